The van der Waals surface area contributed by atoms with E-state index in [-0.39, 0.29) is 29.6 Å². The number of aromatic nitrogens is 3. The van der Waals surface area contributed by atoms with Crippen LogP contribution in [0.4, 0.5) is 0 Å². The number of nitrogens with zero attached hydrogens (tertiary/aromatic N) is 5. The number of likely N-dealkylation sites (tertiary alicyclic amines) is 1. The van der Waals surface area contributed by atoms with Gasteiger partial charge in [0.25, 0.3) is 0 Å². The van der Waals surface area contributed by atoms with Gasteiger partial charge in [-0.1, -0.05) is 30.3 Å². The number of benzene rings is 1. The maximum atomic E-state index is 12.9. The Balaban J connectivity index is 1.66. The molecule has 2 aromatic rings. The van der Waals surface area contributed by atoms with Gasteiger partial charge in [0.2, 0.25) is 5.91 Å². The monoisotopic (exact) mass is 427 g/mol. The molecule has 2 heterocycles. The Kier molecular flexibility index (Phi) is 7.70. The molecule has 7 heteroatoms. The van der Waals surface area contributed by atoms with E-state index in [4.69, 9.17) is 5.10 Å². The molecule has 1 aliphatic rings. The first-order chi connectivity index (χ1) is 14.8. The molecule has 31 heavy (non-hydrogen) atoms. The largest absolute Gasteiger partial charge is 0.346 e. The average molecular weight is 428 g/mol. The number of amides is 1. The molecule has 0 radical (unpaired) electrons. The van der Waals surface area contributed by atoms with Crippen LogP contribution in [0, 0.1) is 0 Å². The molecule has 0 bridgehead atoms. The van der Waals surface area contributed by atoms with Gasteiger partial charge in [-0.2, -0.15) is 5.10 Å². The minimum Gasteiger partial charge on any atom is -0.337 e. The summed E-state index contributed by atoms with van der Waals surface area (Å²) in [5, 5.41) is 4.73. The van der Waals surface area contributed by atoms with Crippen molar-refractivity contribution in [2.24, 2.45) is 0 Å². The highest BCUT2D eigenvalue weighted by Gasteiger charge is 2.29. The third-order valence-electron chi connectivity index (χ3n) is 6.16. The summed E-state index contributed by atoms with van der Waals surface area (Å²) in [6.07, 6.45) is 1.83. The molecule has 7 nitrogen and oxygen atoms in total. The summed E-state index contributed by atoms with van der Waals surface area (Å²) in [7, 11) is 0. The molecular weight excluding hydrogens is 390 g/mol. The third kappa shape index (κ3) is 5.45. The molecule has 0 spiro atoms. The fourth-order valence-electron chi connectivity index (χ4n) is 4.71. The van der Waals surface area contributed by atoms with Crippen molar-refractivity contribution in [3.63, 3.8) is 0 Å². The van der Waals surface area contributed by atoms with Crippen molar-refractivity contribution in [2.45, 2.75) is 78.6 Å². The standard InChI is InChI=1S/C24H37N5O2/c1-6-27-23(25-28(24(27)31)16-20-10-8-7-9-11-20)21-12-14-26(15-13-21)17-22(30)29(18(2)3)19(4)5/h7-11,18-19,21H,6,12-17H2,1-5H3. The highest BCUT2D eigenvalue weighted by molar-refractivity contribution is 5.78. The molecule has 1 saturated heterocycles. The lowest BCUT2D eigenvalue weighted by molar-refractivity contribution is -0.136. The number of rotatable bonds is 8. The van der Waals surface area contributed by atoms with Gasteiger partial charge in [0.05, 0.1) is 13.1 Å². The SMILES string of the molecule is CCn1c(C2CCN(CC(=O)N(C(C)C)C(C)C)CC2)nn(Cc2ccccc2)c1=O. The first-order valence-electron chi connectivity index (χ1n) is 11.6. The Labute approximate surface area is 185 Å². The molecule has 1 aliphatic heterocycles. The predicted octanol–water partition coefficient (Wildman–Crippen LogP) is 2.94. The smallest absolute Gasteiger partial charge is 0.337 e. The predicted molar refractivity (Wildman–Crippen MR) is 123 cm³/mol. The Morgan fingerprint density at radius 2 is 1.71 bits per heavy atom. The minimum absolute atomic E-state index is 0.0385. The Bertz CT molecular complexity index is 900. The van der Waals surface area contributed by atoms with Crippen LogP contribution in [0.15, 0.2) is 35.1 Å². The summed E-state index contributed by atoms with van der Waals surface area (Å²) in [6.45, 7) is 13.6. The second-order valence-corrected chi connectivity index (χ2v) is 9.07. The minimum atomic E-state index is -0.0385. The van der Waals surface area contributed by atoms with Crippen LogP contribution < -0.4 is 5.69 Å². The fourth-order valence-corrected chi connectivity index (χ4v) is 4.71. The van der Waals surface area contributed by atoms with Gasteiger partial charge in [0.15, 0.2) is 0 Å². The van der Waals surface area contributed by atoms with Crippen molar-refractivity contribution in [3.8, 4) is 0 Å². The summed E-state index contributed by atoms with van der Waals surface area (Å²) in [5.41, 5.74) is 1.04. The Hall–Kier alpha value is -2.41. The van der Waals surface area contributed by atoms with E-state index in [0.29, 0.717) is 19.6 Å². The van der Waals surface area contributed by atoms with Gasteiger partial charge in [-0.05, 0) is 66.1 Å². The van der Waals surface area contributed by atoms with Crippen molar-refractivity contribution >= 4 is 5.91 Å². The van der Waals surface area contributed by atoms with E-state index in [2.05, 4.69) is 32.6 Å². The zero-order valence-electron chi connectivity index (χ0n) is 19.6. The Morgan fingerprint density at radius 1 is 1.10 bits per heavy atom. The molecule has 1 aromatic carbocycles. The number of hydrogen-bond donors (Lipinski definition) is 0. The number of piperidine rings is 1. The number of hydrogen-bond acceptors (Lipinski definition) is 4. The van der Waals surface area contributed by atoms with E-state index in [1.165, 1.54) is 0 Å². The Morgan fingerprint density at radius 3 is 2.26 bits per heavy atom. The number of carbonyl (C=O) groups is 1. The van der Waals surface area contributed by atoms with E-state index in [1.807, 2.05) is 46.7 Å². The highest BCUT2D eigenvalue weighted by atomic mass is 16.2. The first kappa shape index (κ1) is 23.3. The van der Waals surface area contributed by atoms with Gasteiger partial charge in [-0.25, -0.2) is 9.48 Å². The maximum absolute atomic E-state index is 12.9. The molecule has 0 unspecified atom stereocenters. The highest BCUT2D eigenvalue weighted by Crippen LogP contribution is 2.26. The topological polar surface area (TPSA) is 63.4 Å². The van der Waals surface area contributed by atoms with Crippen LogP contribution in [0.5, 0.6) is 0 Å². The third-order valence-corrected chi connectivity index (χ3v) is 6.16. The van der Waals surface area contributed by atoms with E-state index in [1.54, 1.807) is 4.68 Å². The summed E-state index contributed by atoms with van der Waals surface area (Å²) < 4.78 is 3.40. The maximum Gasteiger partial charge on any atom is 0.346 e. The second kappa shape index (κ2) is 10.3. The molecule has 3 rings (SSSR count). The zero-order valence-corrected chi connectivity index (χ0v) is 19.6. The van der Waals surface area contributed by atoms with Crippen molar-refractivity contribution in [2.75, 3.05) is 19.6 Å². The molecular formula is C24H37N5O2. The summed E-state index contributed by atoms with van der Waals surface area (Å²) in [6, 6.07) is 10.4. The zero-order chi connectivity index (χ0) is 22.5. The van der Waals surface area contributed by atoms with Gasteiger partial charge < -0.3 is 4.90 Å². The molecule has 0 saturated carbocycles. The van der Waals surface area contributed by atoms with Crippen LogP contribution in [-0.2, 0) is 17.9 Å². The molecule has 0 N–H and O–H groups in total. The van der Waals surface area contributed by atoms with Crippen molar-refractivity contribution < 1.29 is 4.79 Å². The van der Waals surface area contributed by atoms with Gasteiger partial charge >= 0.3 is 5.69 Å². The van der Waals surface area contributed by atoms with E-state index >= 15 is 0 Å². The van der Waals surface area contributed by atoms with Crippen LogP contribution >= 0.6 is 0 Å². The molecule has 1 aromatic heterocycles. The van der Waals surface area contributed by atoms with Crippen molar-refractivity contribution in [1.29, 1.82) is 0 Å². The number of carbonyl (C=O) groups excluding carboxylic acids is 1. The quantitative estimate of drug-likeness (QED) is 0.650. The summed E-state index contributed by atoms with van der Waals surface area (Å²) in [5.74, 6) is 1.34. The lowest BCUT2D eigenvalue weighted by atomic mass is 9.96. The fraction of sp³-hybridized carbons (Fsp3) is 0.625. The van der Waals surface area contributed by atoms with Crippen LogP contribution in [0.25, 0.3) is 0 Å². The molecule has 1 fully saturated rings. The van der Waals surface area contributed by atoms with Gasteiger partial charge in [-0.15, -0.1) is 0 Å². The van der Waals surface area contributed by atoms with Gasteiger partial charge in [0, 0.05) is 24.5 Å². The van der Waals surface area contributed by atoms with E-state index < -0.39 is 0 Å². The molecule has 170 valence electrons. The van der Waals surface area contributed by atoms with E-state index in [0.717, 1.165) is 37.3 Å². The lowest BCUT2D eigenvalue weighted by Gasteiger charge is -2.35. The lowest BCUT2D eigenvalue weighted by Crippen LogP contribution is -2.48. The van der Waals surface area contributed by atoms with Crippen LogP contribution in [-0.4, -0.2) is 61.8 Å². The van der Waals surface area contributed by atoms with Crippen LogP contribution in [0.1, 0.15) is 64.8 Å². The van der Waals surface area contributed by atoms with Gasteiger partial charge in [0.1, 0.15) is 5.82 Å². The average Bonchev–Trinajstić information content (AvgIpc) is 3.04. The molecule has 0 atom stereocenters. The van der Waals surface area contributed by atoms with Gasteiger partial charge in [-0.3, -0.25) is 14.3 Å². The molecule has 0 aliphatic carbocycles. The van der Waals surface area contributed by atoms with Crippen molar-refractivity contribution in [3.05, 3.63) is 52.2 Å². The first-order valence-corrected chi connectivity index (χ1v) is 11.6. The van der Waals surface area contributed by atoms with Crippen LogP contribution in [0.2, 0.25) is 0 Å². The van der Waals surface area contributed by atoms with E-state index in [9.17, 15) is 9.59 Å². The van der Waals surface area contributed by atoms with Crippen LogP contribution in [0.3, 0.4) is 0 Å². The summed E-state index contributed by atoms with van der Waals surface area (Å²) in [4.78, 5) is 29.9. The second-order valence-electron chi connectivity index (χ2n) is 9.07. The van der Waals surface area contributed by atoms with Crippen molar-refractivity contribution in [1.82, 2.24) is 24.1 Å². The molecule has 1 amide bonds. The normalized spacial score (nSPS) is 15.7. The summed E-state index contributed by atoms with van der Waals surface area (Å²) >= 11 is 0.